The molecule has 0 radical (unpaired) electrons. The van der Waals surface area contributed by atoms with Crippen LogP contribution in [0, 0.1) is 13.8 Å². The van der Waals surface area contributed by atoms with Crippen LogP contribution in [0.4, 0.5) is 11.4 Å². The van der Waals surface area contributed by atoms with E-state index in [9.17, 15) is 4.79 Å². The molecule has 3 N–H and O–H groups in total. The van der Waals surface area contributed by atoms with Crippen molar-refractivity contribution < 1.29 is 4.79 Å². The molecule has 2 heterocycles. The number of nitrogens with zero attached hydrogens (tertiary/aromatic N) is 1. The number of pyridine rings is 1. The highest BCUT2D eigenvalue weighted by Crippen LogP contribution is 2.35. The molecule has 0 bridgehead atoms. The highest BCUT2D eigenvalue weighted by Gasteiger charge is 2.19. The number of benzene rings is 1. The van der Waals surface area contributed by atoms with Crippen LogP contribution in [0.25, 0.3) is 10.2 Å². The fraction of sp³-hybridized carbons (Fsp3) is 0.300. The molecule has 3 rings (SSSR count). The van der Waals surface area contributed by atoms with Crippen LogP contribution in [0.5, 0.6) is 0 Å². The Bertz CT molecular complexity index is 913. The third-order valence-corrected chi connectivity index (χ3v) is 5.36. The number of thiophene rings is 1. The number of hydrogen-bond donors (Lipinski definition) is 2. The van der Waals surface area contributed by atoms with Gasteiger partial charge >= 0.3 is 0 Å². The van der Waals surface area contributed by atoms with Crippen molar-refractivity contribution in [2.75, 3.05) is 11.1 Å². The zero-order chi connectivity index (χ0) is 18.0. The smallest absolute Gasteiger partial charge is 0.267 e. The Morgan fingerprint density at radius 2 is 1.96 bits per heavy atom. The average Bonchev–Trinajstić information content (AvgIpc) is 2.91. The number of aromatic nitrogens is 1. The van der Waals surface area contributed by atoms with E-state index in [1.54, 1.807) is 0 Å². The molecule has 1 aromatic carbocycles. The predicted octanol–water partition coefficient (Wildman–Crippen LogP) is 5.09. The quantitative estimate of drug-likeness (QED) is 0.671. The van der Waals surface area contributed by atoms with E-state index in [2.05, 4.69) is 29.4 Å². The standard InChI is InChI=1S/C20H23N3OS/c1-4-5-6-14-7-9-15(10-8-14)23-19(24)18-17(21)16-12(2)11-13(3)22-20(16)25-18/h7-11H,4-6,21H2,1-3H3,(H,23,24). The lowest BCUT2D eigenvalue weighted by Crippen LogP contribution is -2.12. The Kier molecular flexibility index (Phi) is 5.04. The number of nitrogens with two attached hydrogens (primary N) is 1. The van der Waals surface area contributed by atoms with Gasteiger partial charge in [0, 0.05) is 16.8 Å². The second-order valence-electron chi connectivity index (χ2n) is 6.36. The molecule has 0 aliphatic rings. The second kappa shape index (κ2) is 7.23. The molecule has 0 aliphatic heterocycles. The van der Waals surface area contributed by atoms with E-state index >= 15 is 0 Å². The fourth-order valence-corrected chi connectivity index (χ4v) is 4.07. The Labute approximate surface area is 152 Å². The lowest BCUT2D eigenvalue weighted by Gasteiger charge is -2.06. The molecule has 3 aromatic rings. The molecule has 0 saturated heterocycles. The Morgan fingerprint density at radius 3 is 2.64 bits per heavy atom. The minimum absolute atomic E-state index is 0.182. The molecule has 0 aliphatic carbocycles. The van der Waals surface area contributed by atoms with Crippen molar-refractivity contribution >= 4 is 38.8 Å². The molecular formula is C20H23N3OS. The molecule has 4 nitrogen and oxygen atoms in total. The van der Waals surface area contributed by atoms with Crippen LogP contribution in [0.3, 0.4) is 0 Å². The predicted molar refractivity (Wildman–Crippen MR) is 107 cm³/mol. The first-order valence-corrected chi connectivity index (χ1v) is 9.37. The molecule has 2 aromatic heterocycles. The zero-order valence-corrected chi connectivity index (χ0v) is 15.7. The van der Waals surface area contributed by atoms with Gasteiger partial charge in [0.15, 0.2) is 0 Å². The zero-order valence-electron chi connectivity index (χ0n) is 14.8. The van der Waals surface area contributed by atoms with Gasteiger partial charge in [-0.1, -0.05) is 25.5 Å². The number of anilines is 2. The van der Waals surface area contributed by atoms with Crippen molar-refractivity contribution in [1.82, 2.24) is 4.98 Å². The van der Waals surface area contributed by atoms with E-state index in [0.717, 1.165) is 33.6 Å². The normalized spacial score (nSPS) is 11.0. The summed E-state index contributed by atoms with van der Waals surface area (Å²) in [6.07, 6.45) is 3.42. The first kappa shape index (κ1) is 17.4. The molecule has 0 fully saturated rings. The molecule has 1 amide bonds. The maximum absolute atomic E-state index is 12.6. The summed E-state index contributed by atoms with van der Waals surface area (Å²) >= 11 is 1.35. The summed E-state index contributed by atoms with van der Waals surface area (Å²) in [6, 6.07) is 10.0. The van der Waals surface area contributed by atoms with Crippen molar-refractivity contribution in [3.63, 3.8) is 0 Å². The van der Waals surface area contributed by atoms with Crippen LogP contribution < -0.4 is 11.1 Å². The van der Waals surface area contributed by atoms with Crippen molar-refractivity contribution in [3.8, 4) is 0 Å². The molecule has 0 saturated carbocycles. The average molecular weight is 353 g/mol. The Morgan fingerprint density at radius 1 is 1.24 bits per heavy atom. The first-order valence-electron chi connectivity index (χ1n) is 8.56. The third-order valence-electron chi connectivity index (χ3n) is 4.26. The topological polar surface area (TPSA) is 68.0 Å². The molecule has 130 valence electrons. The highest BCUT2D eigenvalue weighted by molar-refractivity contribution is 7.21. The molecule has 0 atom stereocenters. The number of nitrogens with one attached hydrogen (secondary N) is 1. The monoisotopic (exact) mass is 353 g/mol. The van der Waals surface area contributed by atoms with Crippen LogP contribution in [-0.2, 0) is 6.42 Å². The largest absolute Gasteiger partial charge is 0.397 e. The van der Waals surface area contributed by atoms with E-state index < -0.39 is 0 Å². The van der Waals surface area contributed by atoms with Crippen molar-refractivity contribution in [1.29, 1.82) is 0 Å². The van der Waals surface area contributed by atoms with Crippen molar-refractivity contribution in [2.24, 2.45) is 0 Å². The number of unbranched alkanes of at least 4 members (excludes halogenated alkanes) is 1. The van der Waals surface area contributed by atoms with Gasteiger partial charge in [-0.2, -0.15) is 0 Å². The molecule has 0 unspecified atom stereocenters. The number of carbonyl (C=O) groups is 1. The summed E-state index contributed by atoms with van der Waals surface area (Å²) in [6.45, 7) is 6.13. The highest BCUT2D eigenvalue weighted by atomic mass is 32.1. The van der Waals surface area contributed by atoms with E-state index in [1.165, 1.54) is 29.7 Å². The van der Waals surface area contributed by atoms with E-state index in [-0.39, 0.29) is 5.91 Å². The minimum Gasteiger partial charge on any atom is -0.397 e. The first-order chi connectivity index (χ1) is 12.0. The summed E-state index contributed by atoms with van der Waals surface area (Å²) in [7, 11) is 0. The summed E-state index contributed by atoms with van der Waals surface area (Å²) in [5.41, 5.74) is 10.8. The van der Waals surface area contributed by atoms with Crippen molar-refractivity contribution in [2.45, 2.75) is 40.0 Å². The van der Waals surface area contributed by atoms with Gasteiger partial charge in [0.05, 0.1) is 5.69 Å². The number of carbonyl (C=O) groups excluding carboxylic acids is 1. The number of aryl methyl sites for hydroxylation is 3. The molecule has 25 heavy (non-hydrogen) atoms. The summed E-state index contributed by atoms with van der Waals surface area (Å²) < 4.78 is 0. The van der Waals surface area contributed by atoms with Gasteiger partial charge in [0.1, 0.15) is 9.71 Å². The summed E-state index contributed by atoms with van der Waals surface area (Å²) in [4.78, 5) is 18.5. The fourth-order valence-electron chi connectivity index (χ4n) is 2.96. The van der Waals surface area contributed by atoms with Gasteiger partial charge in [0.25, 0.3) is 5.91 Å². The minimum atomic E-state index is -0.182. The number of amides is 1. The van der Waals surface area contributed by atoms with Gasteiger partial charge in [-0.15, -0.1) is 11.3 Å². The Hall–Kier alpha value is -2.40. The number of hydrogen-bond acceptors (Lipinski definition) is 4. The van der Waals surface area contributed by atoms with Gasteiger partial charge in [-0.05, 0) is 56.0 Å². The SMILES string of the molecule is CCCCc1ccc(NC(=O)c2sc3nc(C)cc(C)c3c2N)cc1. The van der Waals surface area contributed by atoms with Gasteiger partial charge in [-0.25, -0.2) is 4.98 Å². The van der Waals surface area contributed by atoms with Crippen LogP contribution in [-0.4, -0.2) is 10.9 Å². The second-order valence-corrected chi connectivity index (χ2v) is 7.36. The summed E-state index contributed by atoms with van der Waals surface area (Å²) in [5, 5.41) is 3.83. The number of fused-ring (bicyclic) bond motifs is 1. The third kappa shape index (κ3) is 3.66. The lowest BCUT2D eigenvalue weighted by molar-refractivity contribution is 0.103. The van der Waals surface area contributed by atoms with Crippen molar-refractivity contribution in [3.05, 3.63) is 52.0 Å². The Balaban J connectivity index is 1.83. The maximum Gasteiger partial charge on any atom is 0.267 e. The van der Waals surface area contributed by atoms with Gasteiger partial charge in [-0.3, -0.25) is 4.79 Å². The maximum atomic E-state index is 12.6. The number of rotatable bonds is 5. The van der Waals surface area contributed by atoms with Crippen LogP contribution >= 0.6 is 11.3 Å². The molecule has 5 heteroatoms. The van der Waals surface area contributed by atoms with E-state index in [4.69, 9.17) is 5.73 Å². The lowest BCUT2D eigenvalue weighted by atomic mass is 10.1. The van der Waals surface area contributed by atoms with E-state index in [0.29, 0.717) is 10.6 Å². The van der Waals surface area contributed by atoms with Crippen LogP contribution in [0.15, 0.2) is 30.3 Å². The van der Waals surface area contributed by atoms with Gasteiger partial charge in [0.2, 0.25) is 0 Å². The van der Waals surface area contributed by atoms with Crippen LogP contribution in [0.2, 0.25) is 0 Å². The molecule has 0 spiro atoms. The van der Waals surface area contributed by atoms with Gasteiger partial charge < -0.3 is 11.1 Å². The molecular weight excluding hydrogens is 330 g/mol. The number of nitrogen functional groups attached to an aromatic ring is 1. The van der Waals surface area contributed by atoms with E-state index in [1.807, 2.05) is 32.0 Å². The van der Waals surface area contributed by atoms with Crippen LogP contribution in [0.1, 0.15) is 46.3 Å². The summed E-state index contributed by atoms with van der Waals surface area (Å²) in [5.74, 6) is -0.182.